The number of anilines is 1. The molecule has 21 heavy (non-hydrogen) atoms. The second-order valence-electron chi connectivity index (χ2n) is 3.86. The molecule has 6 nitrogen and oxygen atoms in total. The zero-order valence-electron chi connectivity index (χ0n) is 11.2. The van der Waals surface area contributed by atoms with Crippen LogP contribution in [0.15, 0.2) is 52.1 Å². The minimum Gasteiger partial charge on any atom is -0.463 e. The van der Waals surface area contributed by atoms with Gasteiger partial charge in [-0.25, -0.2) is 4.79 Å². The highest BCUT2D eigenvalue weighted by atomic mass is 32.1. The number of furan rings is 1. The minimum absolute atomic E-state index is 0.127. The molecular formula is C14H13N3O3S. The van der Waals surface area contributed by atoms with Crippen molar-refractivity contribution >= 4 is 41.0 Å². The van der Waals surface area contributed by atoms with Crippen molar-refractivity contribution in [3.05, 3.63) is 48.4 Å². The van der Waals surface area contributed by atoms with Gasteiger partial charge >= 0.3 is 6.09 Å². The Hall–Kier alpha value is -2.67. The lowest BCUT2D eigenvalue weighted by atomic mass is 10.2. The summed E-state index contributed by atoms with van der Waals surface area (Å²) in [5.41, 5.74) is 1.31. The van der Waals surface area contributed by atoms with Crippen molar-refractivity contribution in [3.63, 3.8) is 0 Å². The van der Waals surface area contributed by atoms with Crippen LogP contribution in [0.2, 0.25) is 0 Å². The maximum Gasteiger partial charge on any atom is 0.413 e. The highest BCUT2D eigenvalue weighted by Crippen LogP contribution is 2.24. The molecule has 0 saturated heterocycles. The van der Waals surface area contributed by atoms with Gasteiger partial charge in [0.1, 0.15) is 5.76 Å². The number of methoxy groups -OCH3 is 1. The molecule has 0 atom stereocenters. The Kier molecular flexibility index (Phi) is 5.05. The maximum atomic E-state index is 11.1. The molecule has 1 amide bonds. The second kappa shape index (κ2) is 7.20. The van der Waals surface area contributed by atoms with E-state index in [1.165, 1.54) is 7.11 Å². The number of benzene rings is 1. The summed E-state index contributed by atoms with van der Waals surface area (Å²) in [5, 5.41) is 5.37. The minimum atomic E-state index is -0.635. The molecule has 1 aromatic heterocycles. The Morgan fingerprint density at radius 3 is 2.86 bits per heavy atom. The summed E-state index contributed by atoms with van der Waals surface area (Å²) in [5.74, 6) is 0.639. The van der Waals surface area contributed by atoms with Crippen LogP contribution in [0.25, 0.3) is 0 Å². The van der Waals surface area contributed by atoms with Crippen molar-refractivity contribution in [2.75, 3.05) is 12.4 Å². The third kappa shape index (κ3) is 4.43. The molecule has 2 aromatic rings. The topological polar surface area (TPSA) is 75.9 Å². The Morgan fingerprint density at radius 2 is 2.14 bits per heavy atom. The van der Waals surface area contributed by atoms with Crippen molar-refractivity contribution in [1.82, 2.24) is 5.32 Å². The van der Waals surface area contributed by atoms with Gasteiger partial charge in [-0.1, -0.05) is 12.1 Å². The van der Waals surface area contributed by atoms with E-state index in [2.05, 4.69) is 20.4 Å². The van der Waals surface area contributed by atoms with Gasteiger partial charge in [-0.05, 0) is 36.5 Å². The number of aliphatic imine (C=N–C) groups is 1. The van der Waals surface area contributed by atoms with Gasteiger partial charge in [0.2, 0.25) is 0 Å². The number of rotatable bonds is 3. The predicted octanol–water partition coefficient (Wildman–Crippen LogP) is 3.08. The predicted molar refractivity (Wildman–Crippen MR) is 84.2 cm³/mol. The third-order valence-electron chi connectivity index (χ3n) is 2.43. The van der Waals surface area contributed by atoms with E-state index in [0.717, 1.165) is 0 Å². The fourth-order valence-electron chi connectivity index (χ4n) is 1.49. The van der Waals surface area contributed by atoms with E-state index in [4.69, 9.17) is 16.6 Å². The molecule has 0 aliphatic rings. The molecule has 0 fully saturated rings. The molecule has 0 radical (unpaired) electrons. The normalized spacial score (nSPS) is 10.3. The van der Waals surface area contributed by atoms with Crippen molar-refractivity contribution in [1.29, 1.82) is 0 Å². The molecule has 108 valence electrons. The zero-order valence-corrected chi connectivity index (χ0v) is 12.0. The van der Waals surface area contributed by atoms with E-state index in [0.29, 0.717) is 17.1 Å². The Balaban J connectivity index is 2.10. The third-order valence-corrected chi connectivity index (χ3v) is 2.63. The van der Waals surface area contributed by atoms with Gasteiger partial charge < -0.3 is 14.5 Å². The number of hydrogen-bond donors (Lipinski definition) is 2. The Bertz CT molecular complexity index is 653. The zero-order chi connectivity index (χ0) is 15.1. The van der Waals surface area contributed by atoms with Gasteiger partial charge in [-0.3, -0.25) is 10.3 Å². The fourth-order valence-corrected chi connectivity index (χ4v) is 1.68. The molecule has 0 aliphatic heterocycles. The lowest BCUT2D eigenvalue weighted by Gasteiger charge is -2.10. The summed E-state index contributed by atoms with van der Waals surface area (Å²) in [7, 11) is 1.26. The van der Waals surface area contributed by atoms with Crippen LogP contribution in [0.1, 0.15) is 5.76 Å². The number of thiocarbonyl (C=S) groups is 1. The molecular weight excluding hydrogens is 290 g/mol. The maximum absolute atomic E-state index is 11.1. The van der Waals surface area contributed by atoms with Gasteiger partial charge in [0, 0.05) is 0 Å². The molecule has 1 heterocycles. The molecule has 7 heteroatoms. The Morgan fingerprint density at radius 1 is 1.33 bits per heavy atom. The molecule has 0 spiro atoms. The lowest BCUT2D eigenvalue weighted by molar-refractivity contribution is 0.177. The number of nitrogens with one attached hydrogen (secondary N) is 2. The van der Waals surface area contributed by atoms with Crippen LogP contribution in [0.5, 0.6) is 0 Å². The molecule has 2 rings (SSSR count). The molecule has 0 unspecified atom stereocenters. The smallest absolute Gasteiger partial charge is 0.413 e. The molecule has 0 aliphatic carbocycles. The molecule has 2 N–H and O–H groups in total. The first-order valence-corrected chi connectivity index (χ1v) is 6.42. The average Bonchev–Trinajstić information content (AvgIpc) is 2.99. The van der Waals surface area contributed by atoms with Crippen LogP contribution >= 0.6 is 12.2 Å². The lowest BCUT2D eigenvalue weighted by Crippen LogP contribution is -2.33. The molecule has 0 saturated carbocycles. The number of carbonyl (C=O) groups is 1. The van der Waals surface area contributed by atoms with Gasteiger partial charge in [0.05, 0.1) is 31.0 Å². The average molecular weight is 303 g/mol. The van der Waals surface area contributed by atoms with E-state index in [1.807, 2.05) is 18.2 Å². The van der Waals surface area contributed by atoms with E-state index in [-0.39, 0.29) is 5.11 Å². The van der Waals surface area contributed by atoms with E-state index in [9.17, 15) is 4.79 Å². The largest absolute Gasteiger partial charge is 0.463 e. The number of nitrogens with zero attached hydrogens (tertiary/aromatic N) is 1. The van der Waals surface area contributed by atoms with Crippen molar-refractivity contribution in [3.8, 4) is 0 Å². The number of para-hydroxylation sites is 2. The van der Waals surface area contributed by atoms with Gasteiger partial charge in [0.15, 0.2) is 5.11 Å². The van der Waals surface area contributed by atoms with E-state index >= 15 is 0 Å². The van der Waals surface area contributed by atoms with Crippen molar-refractivity contribution < 1.29 is 13.9 Å². The summed E-state index contributed by atoms with van der Waals surface area (Å²) in [6.45, 7) is 0. The first-order chi connectivity index (χ1) is 10.2. The van der Waals surface area contributed by atoms with Crippen LogP contribution in [0, 0.1) is 0 Å². The molecule has 1 aromatic carbocycles. The van der Waals surface area contributed by atoms with Gasteiger partial charge in [-0.15, -0.1) is 0 Å². The van der Waals surface area contributed by atoms with E-state index < -0.39 is 6.09 Å². The first kappa shape index (κ1) is 14.7. The van der Waals surface area contributed by atoms with Gasteiger partial charge in [-0.2, -0.15) is 0 Å². The SMILES string of the molecule is COC(=O)NC(=S)Nc1ccccc1N=Cc1ccco1. The summed E-state index contributed by atoms with van der Waals surface area (Å²) in [6.07, 6.45) is 2.53. The van der Waals surface area contributed by atoms with Crippen LogP contribution in [-0.2, 0) is 4.74 Å². The number of amides is 1. The van der Waals surface area contributed by atoms with Crippen LogP contribution in [0.4, 0.5) is 16.2 Å². The number of alkyl carbamates (subject to hydrolysis) is 1. The van der Waals surface area contributed by atoms with Crippen molar-refractivity contribution in [2.45, 2.75) is 0 Å². The number of carbonyl (C=O) groups excluding carboxylic acids is 1. The standard InChI is InChI=1S/C14H13N3O3S/c1-19-14(18)17-13(21)16-12-7-3-2-6-11(12)15-9-10-5-4-8-20-10/h2-9H,1H3,(H2,16,17,18,21). The van der Waals surface area contributed by atoms with E-state index in [1.54, 1.807) is 30.7 Å². The summed E-state index contributed by atoms with van der Waals surface area (Å²) < 4.78 is 9.64. The van der Waals surface area contributed by atoms with Crippen molar-refractivity contribution in [2.24, 2.45) is 4.99 Å². The highest BCUT2D eigenvalue weighted by molar-refractivity contribution is 7.80. The Labute approximate surface area is 126 Å². The van der Waals surface area contributed by atoms with Crippen LogP contribution in [0.3, 0.4) is 0 Å². The monoisotopic (exact) mass is 303 g/mol. The number of ether oxygens (including phenoxy) is 1. The van der Waals surface area contributed by atoms with Gasteiger partial charge in [0.25, 0.3) is 0 Å². The first-order valence-electron chi connectivity index (χ1n) is 6.01. The number of hydrogen-bond acceptors (Lipinski definition) is 5. The summed E-state index contributed by atoms with van der Waals surface area (Å²) in [6, 6.07) is 10.8. The quantitative estimate of drug-likeness (QED) is 0.673. The molecule has 0 bridgehead atoms. The second-order valence-corrected chi connectivity index (χ2v) is 4.27. The van der Waals surface area contributed by atoms with Crippen LogP contribution in [-0.4, -0.2) is 24.5 Å². The van der Waals surface area contributed by atoms with Crippen LogP contribution < -0.4 is 10.6 Å². The summed E-state index contributed by atoms with van der Waals surface area (Å²) in [4.78, 5) is 15.4. The fraction of sp³-hybridized carbons (Fsp3) is 0.0714. The highest BCUT2D eigenvalue weighted by Gasteiger charge is 2.06. The summed E-state index contributed by atoms with van der Waals surface area (Å²) >= 11 is 5.01.